The van der Waals surface area contributed by atoms with Crippen molar-refractivity contribution in [1.29, 1.82) is 0 Å². The van der Waals surface area contributed by atoms with Crippen molar-refractivity contribution in [2.75, 3.05) is 0 Å². The molecular formula is C45H26S. The van der Waals surface area contributed by atoms with Gasteiger partial charge in [-0.15, -0.1) is 0 Å². The van der Waals surface area contributed by atoms with Crippen LogP contribution in [0.15, 0.2) is 168 Å². The second-order valence-corrected chi connectivity index (χ2v) is 13.9. The van der Waals surface area contributed by atoms with Gasteiger partial charge in [0.1, 0.15) is 0 Å². The highest BCUT2D eigenvalue weighted by atomic mass is 32.2. The van der Waals surface area contributed by atoms with Crippen molar-refractivity contribution in [1.82, 2.24) is 0 Å². The zero-order valence-corrected chi connectivity index (χ0v) is 25.7. The van der Waals surface area contributed by atoms with Crippen LogP contribution in [0, 0.1) is 0 Å². The molecule has 11 rings (SSSR count). The van der Waals surface area contributed by atoms with E-state index in [0.717, 1.165) is 0 Å². The molecular weight excluding hydrogens is 573 g/mol. The van der Waals surface area contributed by atoms with E-state index in [-0.39, 0.29) is 5.41 Å². The lowest BCUT2D eigenvalue weighted by atomic mass is 9.70. The first-order valence-electron chi connectivity index (χ1n) is 16.0. The SMILES string of the molecule is c1ccc2c(c1)-c1ccccc1C21c2cc(-c3ccc4c(c3)Sc3cccc5cccc-4c35)ccc2-c2cc3ccccc3cc21. The van der Waals surface area contributed by atoms with Crippen LogP contribution >= 0.6 is 11.8 Å². The third-order valence-corrected chi connectivity index (χ3v) is 11.8. The molecule has 1 spiro atoms. The molecule has 0 nitrogen and oxygen atoms in total. The van der Waals surface area contributed by atoms with Crippen molar-refractivity contribution in [3.05, 3.63) is 180 Å². The normalized spacial score (nSPS) is 14.2. The summed E-state index contributed by atoms with van der Waals surface area (Å²) in [6.45, 7) is 0. The van der Waals surface area contributed by atoms with Gasteiger partial charge in [0.25, 0.3) is 0 Å². The average Bonchev–Trinajstić information content (AvgIpc) is 3.57. The van der Waals surface area contributed by atoms with E-state index in [1.165, 1.54) is 98.1 Å². The number of benzene rings is 8. The molecule has 212 valence electrons. The lowest BCUT2D eigenvalue weighted by Crippen LogP contribution is -2.25. The molecule has 0 amide bonds. The molecule has 8 aromatic rings. The van der Waals surface area contributed by atoms with Crippen molar-refractivity contribution in [2.24, 2.45) is 0 Å². The predicted octanol–water partition coefficient (Wildman–Crippen LogP) is 12.1. The minimum absolute atomic E-state index is 0.366. The van der Waals surface area contributed by atoms with Crippen LogP contribution in [0.5, 0.6) is 0 Å². The standard InChI is InChI=1S/C45H26S/c1-2-10-29-24-41-37(23-28(29)9-1)34-21-19-30(25-40(34)45(41)38-16-5-3-13-32(38)33-14-4-6-17-39(33)45)31-20-22-35-36-15-7-11-27-12-8-18-42(44(27)36)46-43(35)26-31/h1-26H. The number of rotatable bonds is 1. The molecule has 8 aromatic carbocycles. The summed E-state index contributed by atoms with van der Waals surface area (Å²) in [4.78, 5) is 2.66. The summed E-state index contributed by atoms with van der Waals surface area (Å²) in [5.74, 6) is 0. The van der Waals surface area contributed by atoms with Crippen molar-refractivity contribution in [3.8, 4) is 44.5 Å². The fourth-order valence-corrected chi connectivity index (χ4v) is 9.93. The van der Waals surface area contributed by atoms with Crippen LogP contribution in [-0.2, 0) is 5.41 Å². The van der Waals surface area contributed by atoms with Gasteiger partial charge < -0.3 is 0 Å². The van der Waals surface area contributed by atoms with Crippen LogP contribution in [0.1, 0.15) is 22.3 Å². The molecule has 0 atom stereocenters. The Hall–Kier alpha value is -5.37. The van der Waals surface area contributed by atoms with Crippen LogP contribution in [0.2, 0.25) is 0 Å². The molecule has 0 aromatic heterocycles. The van der Waals surface area contributed by atoms with Gasteiger partial charge in [-0.05, 0) is 113 Å². The third kappa shape index (κ3) is 3.06. The van der Waals surface area contributed by atoms with Crippen molar-refractivity contribution < 1.29 is 0 Å². The van der Waals surface area contributed by atoms with Crippen molar-refractivity contribution in [2.45, 2.75) is 15.2 Å². The molecule has 1 heterocycles. The summed E-state index contributed by atoms with van der Waals surface area (Å²) in [5, 5.41) is 5.26. The van der Waals surface area contributed by atoms with Gasteiger partial charge in [0.15, 0.2) is 0 Å². The summed E-state index contributed by atoms with van der Waals surface area (Å²) in [6.07, 6.45) is 0. The molecule has 3 aliphatic rings. The monoisotopic (exact) mass is 598 g/mol. The van der Waals surface area contributed by atoms with E-state index in [1.54, 1.807) is 0 Å². The Morgan fingerprint density at radius 2 is 0.891 bits per heavy atom. The second-order valence-electron chi connectivity index (χ2n) is 12.8. The van der Waals surface area contributed by atoms with E-state index in [2.05, 4.69) is 158 Å². The second kappa shape index (κ2) is 8.88. The smallest absolute Gasteiger partial charge is 0.0725 e. The first-order valence-corrected chi connectivity index (χ1v) is 16.8. The summed E-state index contributed by atoms with van der Waals surface area (Å²) < 4.78 is 0. The highest BCUT2D eigenvalue weighted by molar-refractivity contribution is 7.99. The van der Waals surface area contributed by atoms with E-state index in [1.807, 2.05) is 11.8 Å². The highest BCUT2D eigenvalue weighted by Crippen LogP contribution is 2.63. The molecule has 0 fully saturated rings. The summed E-state index contributed by atoms with van der Waals surface area (Å²) in [7, 11) is 0. The highest BCUT2D eigenvalue weighted by Gasteiger charge is 2.51. The lowest BCUT2D eigenvalue weighted by molar-refractivity contribution is 0.795. The molecule has 2 aliphatic carbocycles. The first kappa shape index (κ1) is 24.9. The van der Waals surface area contributed by atoms with Crippen LogP contribution in [0.3, 0.4) is 0 Å². The van der Waals surface area contributed by atoms with E-state index in [4.69, 9.17) is 0 Å². The molecule has 0 saturated heterocycles. The molecule has 0 bridgehead atoms. The van der Waals surface area contributed by atoms with Gasteiger partial charge in [0, 0.05) is 15.2 Å². The predicted molar refractivity (Wildman–Crippen MR) is 193 cm³/mol. The maximum atomic E-state index is 2.50. The topological polar surface area (TPSA) is 0 Å². The Kier molecular flexibility index (Phi) is 4.80. The Morgan fingerprint density at radius 1 is 0.326 bits per heavy atom. The molecule has 0 N–H and O–H groups in total. The summed E-state index contributed by atoms with van der Waals surface area (Å²) >= 11 is 1.90. The first-order chi connectivity index (χ1) is 22.8. The molecule has 0 unspecified atom stereocenters. The zero-order valence-electron chi connectivity index (χ0n) is 24.9. The number of fused-ring (bicyclic) bond motifs is 13. The van der Waals surface area contributed by atoms with Gasteiger partial charge in [0.2, 0.25) is 0 Å². The molecule has 1 aliphatic heterocycles. The summed E-state index contributed by atoms with van der Waals surface area (Å²) in [5.41, 5.74) is 15.7. The van der Waals surface area contributed by atoms with Gasteiger partial charge >= 0.3 is 0 Å². The van der Waals surface area contributed by atoms with E-state index >= 15 is 0 Å². The van der Waals surface area contributed by atoms with Gasteiger partial charge in [-0.1, -0.05) is 139 Å². The average molecular weight is 599 g/mol. The third-order valence-electron chi connectivity index (χ3n) is 10.6. The van der Waals surface area contributed by atoms with Gasteiger partial charge in [-0.2, -0.15) is 0 Å². The lowest BCUT2D eigenvalue weighted by Gasteiger charge is -2.31. The number of hydrogen-bond acceptors (Lipinski definition) is 1. The summed E-state index contributed by atoms with van der Waals surface area (Å²) in [6, 6.07) is 59.5. The maximum Gasteiger partial charge on any atom is 0.0725 e. The molecule has 0 radical (unpaired) electrons. The Morgan fingerprint density at radius 3 is 1.67 bits per heavy atom. The van der Waals surface area contributed by atoms with Crippen LogP contribution in [0.4, 0.5) is 0 Å². The van der Waals surface area contributed by atoms with Gasteiger partial charge in [-0.3, -0.25) is 0 Å². The maximum absolute atomic E-state index is 2.50. The van der Waals surface area contributed by atoms with Crippen LogP contribution < -0.4 is 0 Å². The largest absolute Gasteiger partial charge is 0.0888 e. The Bertz CT molecular complexity index is 2570. The molecule has 0 saturated carbocycles. The van der Waals surface area contributed by atoms with E-state index in [0.29, 0.717) is 0 Å². The fraction of sp³-hybridized carbons (Fsp3) is 0.0222. The van der Waals surface area contributed by atoms with Gasteiger partial charge in [-0.25, -0.2) is 0 Å². The minimum atomic E-state index is -0.366. The quantitative estimate of drug-likeness (QED) is 0.181. The minimum Gasteiger partial charge on any atom is -0.0888 e. The Labute approximate surface area is 272 Å². The zero-order chi connectivity index (χ0) is 30.0. The molecule has 1 heteroatoms. The van der Waals surface area contributed by atoms with Crippen LogP contribution in [-0.4, -0.2) is 0 Å². The van der Waals surface area contributed by atoms with Gasteiger partial charge in [0.05, 0.1) is 5.41 Å². The van der Waals surface area contributed by atoms with Crippen molar-refractivity contribution >= 4 is 33.3 Å². The van der Waals surface area contributed by atoms with Crippen LogP contribution in [0.25, 0.3) is 66.1 Å². The number of hydrogen-bond donors (Lipinski definition) is 0. The van der Waals surface area contributed by atoms with E-state index in [9.17, 15) is 0 Å². The Balaban J connectivity index is 1.17. The van der Waals surface area contributed by atoms with E-state index < -0.39 is 0 Å². The molecule has 46 heavy (non-hydrogen) atoms. The fourth-order valence-electron chi connectivity index (χ4n) is 8.75. The van der Waals surface area contributed by atoms with Crippen molar-refractivity contribution in [3.63, 3.8) is 0 Å².